The molecule has 1 aromatic heterocycles. The molecule has 7 heteroatoms. The molecule has 0 radical (unpaired) electrons. The van der Waals surface area contributed by atoms with E-state index in [1.807, 2.05) is 6.07 Å². The number of anilines is 1. The fraction of sp³-hybridized carbons (Fsp3) is 0.200. The van der Waals surface area contributed by atoms with Crippen molar-refractivity contribution in [1.29, 1.82) is 0 Å². The molecule has 1 heterocycles. The molecule has 0 saturated heterocycles. The molecule has 0 bridgehead atoms. The van der Waals surface area contributed by atoms with E-state index in [2.05, 4.69) is 5.10 Å². The molecule has 2 amide bonds. The Bertz CT molecular complexity index is 1040. The quantitative estimate of drug-likeness (QED) is 0.722. The number of rotatable bonds is 6. The predicted octanol–water partition coefficient (Wildman–Crippen LogP) is 1.94. The van der Waals surface area contributed by atoms with Gasteiger partial charge in [-0.25, -0.2) is 4.68 Å². The van der Waals surface area contributed by atoms with E-state index in [-0.39, 0.29) is 30.1 Å². The lowest BCUT2D eigenvalue weighted by atomic mass is 10.1. The van der Waals surface area contributed by atoms with Crippen LogP contribution in [0.15, 0.2) is 59.4 Å². The number of primary amides is 1. The van der Waals surface area contributed by atoms with Crippen LogP contribution in [0.25, 0.3) is 10.8 Å². The van der Waals surface area contributed by atoms with Crippen molar-refractivity contribution in [2.45, 2.75) is 19.9 Å². The van der Waals surface area contributed by atoms with Crippen molar-refractivity contribution < 1.29 is 9.59 Å². The molecule has 3 aromatic rings. The van der Waals surface area contributed by atoms with Gasteiger partial charge >= 0.3 is 0 Å². The van der Waals surface area contributed by atoms with Crippen molar-refractivity contribution in [2.75, 3.05) is 11.4 Å². The Morgan fingerprint density at radius 3 is 2.30 bits per heavy atom. The van der Waals surface area contributed by atoms with Gasteiger partial charge in [-0.15, -0.1) is 0 Å². The number of para-hydroxylation sites is 1. The molecule has 3 rings (SSSR count). The fourth-order valence-corrected chi connectivity index (χ4v) is 2.91. The minimum absolute atomic E-state index is 0.0198. The van der Waals surface area contributed by atoms with Gasteiger partial charge in [-0.1, -0.05) is 36.4 Å². The molecule has 138 valence electrons. The number of amides is 2. The Balaban J connectivity index is 2.15. The first-order chi connectivity index (χ1) is 13.0. The van der Waals surface area contributed by atoms with Crippen molar-refractivity contribution >= 4 is 28.3 Å². The van der Waals surface area contributed by atoms with Crippen LogP contribution in [0, 0.1) is 0 Å². The highest BCUT2D eigenvalue weighted by Crippen LogP contribution is 2.20. The van der Waals surface area contributed by atoms with Crippen LogP contribution >= 0.6 is 0 Å². The Morgan fingerprint density at radius 1 is 1.04 bits per heavy atom. The second kappa shape index (κ2) is 7.82. The highest BCUT2D eigenvalue weighted by atomic mass is 16.2. The number of carbonyl (C=O) groups excluding carboxylic acids is 2. The summed E-state index contributed by atoms with van der Waals surface area (Å²) in [5.74, 6) is -0.888. The van der Waals surface area contributed by atoms with Crippen LogP contribution in [0.3, 0.4) is 0 Å². The summed E-state index contributed by atoms with van der Waals surface area (Å²) >= 11 is 0. The zero-order valence-electron chi connectivity index (χ0n) is 15.0. The van der Waals surface area contributed by atoms with Crippen molar-refractivity contribution in [2.24, 2.45) is 5.73 Å². The van der Waals surface area contributed by atoms with Gasteiger partial charge in [0.15, 0.2) is 5.69 Å². The molecule has 0 fully saturated rings. The number of aromatic nitrogens is 2. The van der Waals surface area contributed by atoms with Gasteiger partial charge in [0.25, 0.3) is 11.5 Å². The van der Waals surface area contributed by atoms with Gasteiger partial charge in [0, 0.05) is 30.6 Å². The summed E-state index contributed by atoms with van der Waals surface area (Å²) in [5.41, 5.74) is 5.83. The molecular weight excluding hydrogens is 344 g/mol. The lowest BCUT2D eigenvalue weighted by molar-refractivity contribution is -0.117. The lowest BCUT2D eigenvalue weighted by Crippen LogP contribution is -2.36. The molecule has 0 aliphatic rings. The van der Waals surface area contributed by atoms with E-state index in [1.54, 1.807) is 55.5 Å². The minimum Gasteiger partial charge on any atom is -0.370 e. The van der Waals surface area contributed by atoms with E-state index in [1.165, 1.54) is 9.58 Å². The third kappa shape index (κ3) is 3.72. The second-order valence-corrected chi connectivity index (χ2v) is 6.02. The molecule has 27 heavy (non-hydrogen) atoms. The van der Waals surface area contributed by atoms with Crippen LogP contribution in [-0.4, -0.2) is 28.1 Å². The summed E-state index contributed by atoms with van der Waals surface area (Å²) in [6.07, 6.45) is 0.0198. The number of aryl methyl sites for hydroxylation is 1. The van der Waals surface area contributed by atoms with Crippen LogP contribution in [0.1, 0.15) is 23.8 Å². The molecule has 0 atom stereocenters. The first-order valence-corrected chi connectivity index (χ1v) is 8.68. The number of hydrogen-bond donors (Lipinski definition) is 1. The summed E-state index contributed by atoms with van der Waals surface area (Å²) in [4.78, 5) is 38.6. The van der Waals surface area contributed by atoms with E-state index in [9.17, 15) is 14.4 Å². The second-order valence-electron chi connectivity index (χ2n) is 6.02. The van der Waals surface area contributed by atoms with Gasteiger partial charge in [-0.05, 0) is 25.1 Å². The molecule has 0 saturated carbocycles. The van der Waals surface area contributed by atoms with Crippen LogP contribution in [0.2, 0.25) is 0 Å². The number of nitrogens with two attached hydrogens (primary N) is 1. The van der Waals surface area contributed by atoms with Crippen molar-refractivity contribution in [3.05, 3.63) is 70.6 Å². The van der Waals surface area contributed by atoms with Gasteiger partial charge in [-0.3, -0.25) is 14.4 Å². The van der Waals surface area contributed by atoms with E-state index >= 15 is 0 Å². The maximum absolute atomic E-state index is 13.3. The molecule has 0 aliphatic heterocycles. The van der Waals surface area contributed by atoms with E-state index in [0.717, 1.165) is 0 Å². The smallest absolute Gasteiger partial charge is 0.279 e. The highest BCUT2D eigenvalue weighted by Gasteiger charge is 2.23. The Kier molecular flexibility index (Phi) is 5.30. The largest absolute Gasteiger partial charge is 0.370 e. The number of nitrogens with zero attached hydrogens (tertiary/aromatic N) is 3. The standard InChI is InChI=1S/C20H20N4O3/c1-2-24-19(26)16-11-7-6-10-15(16)18(22-24)20(27)23(13-12-17(21)25)14-8-4-3-5-9-14/h3-11H,2,12-13H2,1H3,(H2,21,25). The molecule has 0 aliphatic carbocycles. The molecule has 0 unspecified atom stereocenters. The van der Waals surface area contributed by atoms with Crippen molar-refractivity contribution in [1.82, 2.24) is 9.78 Å². The Labute approximate surface area is 156 Å². The van der Waals surface area contributed by atoms with Crippen molar-refractivity contribution in [3.63, 3.8) is 0 Å². The topological polar surface area (TPSA) is 98.3 Å². The molecule has 2 N–H and O–H groups in total. The number of carbonyl (C=O) groups is 2. The van der Waals surface area contributed by atoms with E-state index in [0.29, 0.717) is 23.0 Å². The number of fused-ring (bicyclic) bond motifs is 1. The average Bonchev–Trinajstić information content (AvgIpc) is 2.69. The van der Waals surface area contributed by atoms with Crippen LogP contribution in [0.4, 0.5) is 5.69 Å². The summed E-state index contributed by atoms with van der Waals surface area (Å²) in [7, 11) is 0. The first-order valence-electron chi connectivity index (χ1n) is 8.68. The normalized spacial score (nSPS) is 10.7. The Morgan fingerprint density at radius 2 is 1.67 bits per heavy atom. The van der Waals surface area contributed by atoms with Gasteiger partial charge in [0.05, 0.1) is 5.39 Å². The summed E-state index contributed by atoms with van der Waals surface area (Å²) in [5, 5.41) is 5.20. The van der Waals surface area contributed by atoms with E-state index in [4.69, 9.17) is 5.73 Å². The monoisotopic (exact) mass is 364 g/mol. The fourth-order valence-electron chi connectivity index (χ4n) is 2.91. The van der Waals surface area contributed by atoms with Gasteiger partial charge in [0.2, 0.25) is 5.91 Å². The van der Waals surface area contributed by atoms with Crippen LogP contribution in [-0.2, 0) is 11.3 Å². The van der Waals surface area contributed by atoms with Crippen molar-refractivity contribution in [3.8, 4) is 0 Å². The summed E-state index contributed by atoms with van der Waals surface area (Å²) in [6.45, 7) is 2.26. The minimum atomic E-state index is -0.500. The molecule has 0 spiro atoms. The summed E-state index contributed by atoms with van der Waals surface area (Å²) in [6, 6.07) is 15.9. The Hall–Kier alpha value is -3.48. The van der Waals surface area contributed by atoms with Crippen LogP contribution < -0.4 is 16.2 Å². The molecule has 7 nitrogen and oxygen atoms in total. The van der Waals surface area contributed by atoms with Crippen LogP contribution in [0.5, 0.6) is 0 Å². The lowest BCUT2D eigenvalue weighted by Gasteiger charge is -2.23. The highest BCUT2D eigenvalue weighted by molar-refractivity contribution is 6.12. The molecular formula is C20H20N4O3. The maximum Gasteiger partial charge on any atom is 0.279 e. The summed E-state index contributed by atoms with van der Waals surface area (Å²) < 4.78 is 1.27. The zero-order valence-corrected chi connectivity index (χ0v) is 15.0. The third-order valence-corrected chi connectivity index (χ3v) is 4.26. The predicted molar refractivity (Wildman–Crippen MR) is 104 cm³/mol. The average molecular weight is 364 g/mol. The zero-order chi connectivity index (χ0) is 19.4. The van der Waals surface area contributed by atoms with Gasteiger partial charge < -0.3 is 10.6 Å². The van der Waals surface area contributed by atoms with Gasteiger partial charge in [0.1, 0.15) is 0 Å². The number of benzene rings is 2. The third-order valence-electron chi connectivity index (χ3n) is 4.26. The molecule has 2 aromatic carbocycles. The maximum atomic E-state index is 13.3. The van der Waals surface area contributed by atoms with E-state index < -0.39 is 5.91 Å². The van der Waals surface area contributed by atoms with Gasteiger partial charge in [-0.2, -0.15) is 5.10 Å². The SMILES string of the molecule is CCn1nc(C(=O)N(CCC(N)=O)c2ccccc2)c2ccccc2c1=O. The number of hydrogen-bond acceptors (Lipinski definition) is 4. The first kappa shape index (κ1) is 18.3.